The third-order valence-corrected chi connectivity index (χ3v) is 10.4. The zero-order valence-electron chi connectivity index (χ0n) is 32.2. The number of hydrogen-bond acceptors (Lipinski definition) is 12. The van der Waals surface area contributed by atoms with E-state index in [-0.39, 0.29) is 73.7 Å². The minimum absolute atomic E-state index is 0.00911. The number of hydrogen-bond donors (Lipinski definition) is 14. The van der Waals surface area contributed by atoms with Crippen molar-refractivity contribution in [2.24, 2.45) is 5.73 Å². The summed E-state index contributed by atoms with van der Waals surface area (Å²) in [6, 6.07) is 14.2. The molecule has 302 valence electrons. The van der Waals surface area contributed by atoms with E-state index in [0.29, 0.717) is 19.6 Å². The van der Waals surface area contributed by atoms with E-state index in [1.54, 1.807) is 0 Å². The Labute approximate surface area is 324 Å². The predicted octanol–water partition coefficient (Wildman–Crippen LogP) is 0.0926. The molecule has 2 fully saturated rings. The number of nitrogens with one attached hydrogen (secondary N) is 13. The second-order valence-corrected chi connectivity index (χ2v) is 15.2. The number of carbonyl (C=O) groups is 3. The SMILES string of the molecule is CC1CC(NCCCN)NC(NC(=O)NC2CCc3ccc(CC(=O)NCCCNC4CC(C)NC(NC(=O)NC5CCc6ccccc6N5)N4)cc3N2)N1. The highest BCUT2D eigenvalue weighted by Gasteiger charge is 2.29. The third-order valence-electron chi connectivity index (χ3n) is 10.4. The van der Waals surface area contributed by atoms with Crippen LogP contribution in [0.1, 0.15) is 69.1 Å². The number of urea groups is 2. The van der Waals surface area contributed by atoms with Gasteiger partial charge in [0.25, 0.3) is 0 Å². The highest BCUT2D eigenvalue weighted by molar-refractivity contribution is 5.79. The first kappa shape index (κ1) is 40.4. The van der Waals surface area contributed by atoms with Crippen molar-refractivity contribution in [3.05, 3.63) is 59.2 Å². The van der Waals surface area contributed by atoms with E-state index < -0.39 is 0 Å². The summed E-state index contributed by atoms with van der Waals surface area (Å²) in [6.45, 7) is 6.91. The lowest BCUT2D eigenvalue weighted by molar-refractivity contribution is -0.120. The molecule has 17 nitrogen and oxygen atoms in total. The molecule has 2 aromatic carbocycles. The molecular formula is C38H62N14O3. The van der Waals surface area contributed by atoms with Gasteiger partial charge in [-0.2, -0.15) is 0 Å². The normalized spacial score (nSPS) is 27.3. The van der Waals surface area contributed by atoms with Gasteiger partial charge in [0.2, 0.25) is 5.91 Å². The molecule has 0 aromatic heterocycles. The van der Waals surface area contributed by atoms with Crippen LogP contribution >= 0.6 is 0 Å². The average molecular weight is 763 g/mol. The van der Waals surface area contributed by atoms with Crippen molar-refractivity contribution >= 4 is 29.3 Å². The fourth-order valence-electron chi connectivity index (χ4n) is 7.68. The van der Waals surface area contributed by atoms with Gasteiger partial charge in [0, 0.05) is 30.0 Å². The van der Waals surface area contributed by atoms with E-state index in [2.05, 4.69) is 95.1 Å². The Morgan fingerprint density at radius 1 is 0.673 bits per heavy atom. The lowest BCUT2D eigenvalue weighted by atomic mass is 9.98. The van der Waals surface area contributed by atoms with Crippen LogP contribution < -0.4 is 74.9 Å². The number of para-hydroxylation sites is 1. The number of benzene rings is 2. The Balaban J connectivity index is 0.856. The molecule has 2 saturated heterocycles. The molecule has 0 saturated carbocycles. The van der Waals surface area contributed by atoms with Gasteiger partial charge >= 0.3 is 12.1 Å². The van der Waals surface area contributed by atoms with Crippen molar-refractivity contribution in [3.63, 3.8) is 0 Å². The van der Waals surface area contributed by atoms with Gasteiger partial charge < -0.3 is 53.6 Å². The first-order chi connectivity index (χ1) is 26.7. The summed E-state index contributed by atoms with van der Waals surface area (Å²) in [4.78, 5) is 38.6. The van der Waals surface area contributed by atoms with E-state index in [9.17, 15) is 14.4 Å². The molecule has 0 spiro atoms. The molecule has 17 heteroatoms. The van der Waals surface area contributed by atoms with Crippen molar-refractivity contribution in [3.8, 4) is 0 Å². The summed E-state index contributed by atoms with van der Waals surface area (Å²) in [7, 11) is 0. The number of aryl methyl sites for hydroxylation is 2. The first-order valence-corrected chi connectivity index (χ1v) is 20.0. The Bertz CT molecular complexity index is 1580. The third kappa shape index (κ3) is 12.6. The van der Waals surface area contributed by atoms with Crippen molar-refractivity contribution in [2.75, 3.05) is 36.8 Å². The Kier molecular flexibility index (Phi) is 14.8. The summed E-state index contributed by atoms with van der Waals surface area (Å²) in [5.74, 6) is -0.0397. The summed E-state index contributed by atoms with van der Waals surface area (Å²) >= 11 is 0. The molecule has 5 amide bonds. The molecule has 0 radical (unpaired) electrons. The van der Waals surface area contributed by atoms with Crippen LogP contribution in [0.25, 0.3) is 0 Å². The van der Waals surface area contributed by atoms with E-state index in [0.717, 1.165) is 80.4 Å². The van der Waals surface area contributed by atoms with Crippen LogP contribution in [0.2, 0.25) is 0 Å². The molecule has 6 rings (SSSR count). The lowest BCUT2D eigenvalue weighted by Crippen LogP contribution is -2.68. The van der Waals surface area contributed by atoms with Gasteiger partial charge in [-0.3, -0.25) is 26.1 Å². The molecule has 0 aliphatic carbocycles. The summed E-state index contributed by atoms with van der Waals surface area (Å²) in [6.07, 6.45) is 5.97. The maximum Gasteiger partial charge on any atom is 0.318 e. The minimum Gasteiger partial charge on any atom is -0.365 e. The number of nitrogens with two attached hydrogens (primary N) is 1. The van der Waals surface area contributed by atoms with Crippen LogP contribution in [0.15, 0.2) is 42.5 Å². The van der Waals surface area contributed by atoms with Gasteiger partial charge in [0.15, 0.2) is 0 Å². The standard InChI is InChI=1S/C38H62N14O3/c1-23-19-32(40-16-5-15-39)47-35(43-23)52-38(55)50-31-14-12-27-10-9-25(21-29(27)46-31)22-34(53)42-18-6-17-41-33-20-24(2)44-36(48-33)51-37(54)49-30-13-11-26-7-3-4-8-28(26)45-30/h3-4,7-10,21,23-24,30-33,35-36,40-41,43-48H,5-6,11-20,22,39H2,1-2H3,(H,42,53)(H2,49,51,54)(H2,50,52,55). The predicted molar refractivity (Wildman–Crippen MR) is 215 cm³/mol. The zero-order valence-corrected chi connectivity index (χ0v) is 32.2. The van der Waals surface area contributed by atoms with E-state index in [1.807, 2.05) is 30.3 Å². The van der Waals surface area contributed by atoms with Gasteiger partial charge in [-0.1, -0.05) is 30.3 Å². The summed E-state index contributed by atoms with van der Waals surface area (Å²) < 4.78 is 0. The second kappa shape index (κ2) is 20.1. The van der Waals surface area contributed by atoms with E-state index >= 15 is 0 Å². The van der Waals surface area contributed by atoms with Crippen LogP contribution in [0, 0.1) is 0 Å². The highest BCUT2D eigenvalue weighted by Crippen LogP contribution is 2.26. The number of fused-ring (bicyclic) bond motifs is 2. The minimum atomic E-state index is -0.381. The topological polar surface area (TPSA) is 234 Å². The van der Waals surface area contributed by atoms with E-state index in [1.165, 1.54) is 5.56 Å². The molecule has 0 bridgehead atoms. The maximum atomic E-state index is 12.9. The van der Waals surface area contributed by atoms with Crippen molar-refractivity contribution < 1.29 is 14.4 Å². The lowest BCUT2D eigenvalue weighted by Gasteiger charge is -2.37. The Hall–Kier alpha value is -4.23. The first-order valence-electron chi connectivity index (χ1n) is 20.0. The fraction of sp³-hybridized carbons (Fsp3) is 0.605. The monoisotopic (exact) mass is 763 g/mol. The Morgan fingerprint density at radius 2 is 1.25 bits per heavy atom. The maximum absolute atomic E-state index is 12.9. The number of amides is 5. The number of carbonyl (C=O) groups excluding carboxylic acids is 3. The van der Waals surface area contributed by atoms with Gasteiger partial charge in [0.05, 0.1) is 18.8 Å². The molecule has 55 heavy (non-hydrogen) atoms. The van der Waals surface area contributed by atoms with Crippen LogP contribution in [0.3, 0.4) is 0 Å². The Morgan fingerprint density at radius 3 is 1.89 bits per heavy atom. The van der Waals surface area contributed by atoms with Gasteiger partial charge in [0.1, 0.15) is 24.9 Å². The summed E-state index contributed by atoms with van der Waals surface area (Å²) in [5, 5.41) is 42.5. The van der Waals surface area contributed by atoms with Gasteiger partial charge in [-0.25, -0.2) is 9.59 Å². The molecule has 15 N–H and O–H groups in total. The fourth-order valence-corrected chi connectivity index (χ4v) is 7.68. The largest absolute Gasteiger partial charge is 0.365 e. The molecule has 4 heterocycles. The van der Waals surface area contributed by atoms with Crippen molar-refractivity contribution in [2.45, 2.75) is 121 Å². The smallest absolute Gasteiger partial charge is 0.318 e. The number of rotatable bonds is 15. The average Bonchev–Trinajstić information content (AvgIpc) is 3.14. The van der Waals surface area contributed by atoms with E-state index in [4.69, 9.17) is 5.73 Å². The van der Waals surface area contributed by atoms with Crippen LogP contribution in [0.4, 0.5) is 21.0 Å². The molecular weight excluding hydrogens is 701 g/mol. The molecule has 2 aromatic rings. The second-order valence-electron chi connectivity index (χ2n) is 15.2. The van der Waals surface area contributed by atoms with Crippen molar-refractivity contribution in [1.29, 1.82) is 0 Å². The zero-order chi connectivity index (χ0) is 38.6. The number of anilines is 2. The van der Waals surface area contributed by atoms with Crippen molar-refractivity contribution in [1.82, 2.24) is 58.5 Å². The van der Waals surface area contributed by atoms with Gasteiger partial charge in [-0.15, -0.1) is 0 Å². The molecule has 8 unspecified atom stereocenters. The quantitative estimate of drug-likeness (QED) is 0.108. The summed E-state index contributed by atoms with van der Waals surface area (Å²) in [5.41, 5.74) is 10.9. The van der Waals surface area contributed by atoms with Crippen LogP contribution in [0.5, 0.6) is 0 Å². The van der Waals surface area contributed by atoms with Gasteiger partial charge in [-0.05, 0) is 114 Å². The van der Waals surface area contributed by atoms with Crippen LogP contribution in [-0.2, 0) is 24.1 Å². The molecule has 8 atom stereocenters. The molecule has 4 aliphatic heterocycles. The van der Waals surface area contributed by atoms with Crippen LogP contribution in [-0.4, -0.2) is 93.5 Å². The molecule has 4 aliphatic rings. The highest BCUT2D eigenvalue weighted by atomic mass is 16.2.